The molecule has 1 aromatic rings. The van der Waals surface area contributed by atoms with Crippen molar-refractivity contribution in [2.24, 2.45) is 0 Å². The zero-order valence-corrected chi connectivity index (χ0v) is 12.5. The number of fused-ring (bicyclic) bond motifs is 1. The van der Waals surface area contributed by atoms with Crippen molar-refractivity contribution < 1.29 is 14.3 Å². The largest absolute Gasteiger partial charge is 0.486 e. The Kier molecular flexibility index (Phi) is 5.07. The molecule has 0 radical (unpaired) electrons. The number of halogens is 1. The molecular formula is C14H18BrNO3. The molecule has 1 heterocycles. The van der Waals surface area contributed by atoms with E-state index in [0.29, 0.717) is 41.6 Å². The molecule has 0 fully saturated rings. The zero-order valence-electron chi connectivity index (χ0n) is 10.9. The molecular weight excluding hydrogens is 310 g/mol. The number of hydrogen-bond donors (Lipinski definition) is 1. The van der Waals surface area contributed by atoms with Crippen LogP contribution in [0.5, 0.6) is 11.5 Å². The fraction of sp³-hybridized carbons (Fsp3) is 0.500. The number of carbonyl (C=O) groups excluding carboxylic acids is 1. The number of ether oxygens (including phenoxy) is 2. The molecule has 1 aliphatic rings. The average molecular weight is 328 g/mol. The molecule has 1 aromatic carbocycles. The first kappa shape index (κ1) is 14.2. The van der Waals surface area contributed by atoms with E-state index in [1.54, 1.807) is 18.2 Å². The summed E-state index contributed by atoms with van der Waals surface area (Å²) in [5, 5.41) is 2.90. The summed E-state index contributed by atoms with van der Waals surface area (Å²) in [6.07, 6.45) is 2.00. The van der Waals surface area contributed by atoms with Gasteiger partial charge in [-0.1, -0.05) is 22.9 Å². The lowest BCUT2D eigenvalue weighted by molar-refractivity contribution is 0.0951. The Morgan fingerprint density at radius 1 is 1.37 bits per heavy atom. The number of benzene rings is 1. The molecule has 2 rings (SSSR count). The maximum Gasteiger partial charge on any atom is 0.251 e. The van der Waals surface area contributed by atoms with Crippen molar-refractivity contribution in [2.45, 2.75) is 24.6 Å². The highest BCUT2D eigenvalue weighted by Crippen LogP contribution is 2.30. The summed E-state index contributed by atoms with van der Waals surface area (Å²) in [5.74, 6) is 1.28. The molecule has 1 atom stereocenters. The highest BCUT2D eigenvalue weighted by atomic mass is 79.9. The SMILES string of the molecule is CC(Br)CCCNC(=O)c1ccc2c(c1)OCCO2. The molecule has 1 amide bonds. The fourth-order valence-electron chi connectivity index (χ4n) is 1.87. The van der Waals surface area contributed by atoms with Crippen molar-refractivity contribution in [3.8, 4) is 11.5 Å². The molecule has 5 heteroatoms. The topological polar surface area (TPSA) is 47.6 Å². The van der Waals surface area contributed by atoms with Crippen LogP contribution < -0.4 is 14.8 Å². The molecule has 1 N–H and O–H groups in total. The first-order valence-corrected chi connectivity index (χ1v) is 7.40. The van der Waals surface area contributed by atoms with E-state index in [-0.39, 0.29) is 5.91 Å². The van der Waals surface area contributed by atoms with Gasteiger partial charge in [-0.05, 0) is 31.0 Å². The Balaban J connectivity index is 1.88. The van der Waals surface area contributed by atoms with Crippen LogP contribution in [0.25, 0.3) is 0 Å². The lowest BCUT2D eigenvalue weighted by Gasteiger charge is -2.18. The predicted molar refractivity (Wildman–Crippen MR) is 77.4 cm³/mol. The van der Waals surface area contributed by atoms with Gasteiger partial charge in [0.15, 0.2) is 11.5 Å². The summed E-state index contributed by atoms with van der Waals surface area (Å²) in [7, 11) is 0. The maximum absolute atomic E-state index is 12.0. The standard InChI is InChI=1S/C14H18BrNO3/c1-10(15)3-2-6-16-14(17)11-4-5-12-13(9-11)19-8-7-18-12/h4-5,9-10H,2-3,6-8H2,1H3,(H,16,17). The minimum Gasteiger partial charge on any atom is -0.486 e. The van der Waals surface area contributed by atoms with Crippen LogP contribution in [0.2, 0.25) is 0 Å². The summed E-state index contributed by atoms with van der Waals surface area (Å²) in [6, 6.07) is 5.27. The summed E-state index contributed by atoms with van der Waals surface area (Å²) < 4.78 is 10.9. The van der Waals surface area contributed by atoms with Crippen molar-refractivity contribution in [2.75, 3.05) is 19.8 Å². The minimum absolute atomic E-state index is 0.0702. The Morgan fingerprint density at radius 3 is 2.84 bits per heavy atom. The second kappa shape index (κ2) is 6.80. The average Bonchev–Trinajstić information content (AvgIpc) is 2.42. The molecule has 1 unspecified atom stereocenters. The van der Waals surface area contributed by atoms with Crippen molar-refractivity contribution in [3.05, 3.63) is 23.8 Å². The van der Waals surface area contributed by atoms with E-state index in [4.69, 9.17) is 9.47 Å². The molecule has 0 bridgehead atoms. The van der Waals surface area contributed by atoms with Crippen molar-refractivity contribution >= 4 is 21.8 Å². The Hall–Kier alpha value is -1.23. The molecule has 0 saturated carbocycles. The van der Waals surface area contributed by atoms with Gasteiger partial charge in [-0.25, -0.2) is 0 Å². The molecule has 104 valence electrons. The van der Waals surface area contributed by atoms with Crippen LogP contribution in [-0.2, 0) is 0 Å². The second-order valence-electron chi connectivity index (χ2n) is 4.54. The van der Waals surface area contributed by atoms with Gasteiger partial charge in [-0.2, -0.15) is 0 Å². The summed E-state index contributed by atoms with van der Waals surface area (Å²) in [4.78, 5) is 12.4. The Labute approximate surface area is 121 Å². The van der Waals surface area contributed by atoms with Gasteiger partial charge in [0.05, 0.1) is 0 Å². The molecule has 4 nitrogen and oxygen atoms in total. The quantitative estimate of drug-likeness (QED) is 0.668. The van der Waals surface area contributed by atoms with E-state index in [2.05, 4.69) is 28.2 Å². The highest BCUT2D eigenvalue weighted by molar-refractivity contribution is 9.09. The van der Waals surface area contributed by atoms with Gasteiger partial charge in [-0.15, -0.1) is 0 Å². The third-order valence-corrected chi connectivity index (χ3v) is 3.33. The van der Waals surface area contributed by atoms with E-state index in [9.17, 15) is 4.79 Å². The summed E-state index contributed by atoms with van der Waals surface area (Å²) >= 11 is 3.48. The van der Waals surface area contributed by atoms with E-state index >= 15 is 0 Å². The monoisotopic (exact) mass is 327 g/mol. The molecule has 0 saturated heterocycles. The number of hydrogen-bond acceptors (Lipinski definition) is 3. The fourth-order valence-corrected chi connectivity index (χ4v) is 2.20. The van der Waals surface area contributed by atoms with Crippen LogP contribution in [0.1, 0.15) is 30.1 Å². The predicted octanol–water partition coefficient (Wildman–Crippen LogP) is 2.75. The lowest BCUT2D eigenvalue weighted by atomic mass is 10.1. The summed E-state index contributed by atoms with van der Waals surface area (Å²) in [6.45, 7) is 3.87. The molecule has 1 aliphatic heterocycles. The zero-order chi connectivity index (χ0) is 13.7. The number of alkyl halides is 1. The number of nitrogens with one attached hydrogen (secondary N) is 1. The van der Waals surface area contributed by atoms with Crippen LogP contribution in [0.15, 0.2) is 18.2 Å². The molecule has 0 spiro atoms. The van der Waals surface area contributed by atoms with E-state index in [0.717, 1.165) is 12.8 Å². The van der Waals surface area contributed by atoms with Crippen LogP contribution in [-0.4, -0.2) is 30.5 Å². The minimum atomic E-state index is -0.0702. The first-order valence-electron chi connectivity index (χ1n) is 6.49. The van der Waals surface area contributed by atoms with Gasteiger partial charge < -0.3 is 14.8 Å². The highest BCUT2D eigenvalue weighted by Gasteiger charge is 2.14. The van der Waals surface area contributed by atoms with Gasteiger partial charge in [0.1, 0.15) is 13.2 Å². The third-order valence-electron chi connectivity index (χ3n) is 2.87. The lowest BCUT2D eigenvalue weighted by Crippen LogP contribution is -2.25. The van der Waals surface area contributed by atoms with Gasteiger partial charge >= 0.3 is 0 Å². The van der Waals surface area contributed by atoms with Crippen molar-refractivity contribution in [1.29, 1.82) is 0 Å². The van der Waals surface area contributed by atoms with Crippen molar-refractivity contribution in [3.63, 3.8) is 0 Å². The molecule has 0 aromatic heterocycles. The molecule has 19 heavy (non-hydrogen) atoms. The van der Waals surface area contributed by atoms with Crippen LogP contribution in [0, 0.1) is 0 Å². The Bertz CT molecular complexity index is 448. The van der Waals surface area contributed by atoms with Crippen LogP contribution >= 0.6 is 15.9 Å². The van der Waals surface area contributed by atoms with E-state index in [1.807, 2.05) is 0 Å². The number of carbonyl (C=O) groups is 1. The Morgan fingerprint density at radius 2 is 2.11 bits per heavy atom. The second-order valence-corrected chi connectivity index (χ2v) is 6.10. The van der Waals surface area contributed by atoms with Gasteiger partial charge in [0.25, 0.3) is 5.91 Å². The van der Waals surface area contributed by atoms with E-state index < -0.39 is 0 Å². The molecule has 0 aliphatic carbocycles. The van der Waals surface area contributed by atoms with Gasteiger partial charge in [-0.3, -0.25) is 4.79 Å². The van der Waals surface area contributed by atoms with Crippen molar-refractivity contribution in [1.82, 2.24) is 5.32 Å². The maximum atomic E-state index is 12.0. The van der Waals surface area contributed by atoms with Crippen LogP contribution in [0.4, 0.5) is 0 Å². The van der Waals surface area contributed by atoms with E-state index in [1.165, 1.54) is 0 Å². The summed E-state index contributed by atoms with van der Waals surface area (Å²) in [5.41, 5.74) is 0.608. The normalized spacial score (nSPS) is 14.8. The number of rotatable bonds is 5. The third kappa shape index (κ3) is 4.13. The first-order chi connectivity index (χ1) is 9.16. The van der Waals surface area contributed by atoms with Crippen LogP contribution in [0.3, 0.4) is 0 Å². The van der Waals surface area contributed by atoms with Gasteiger partial charge in [0, 0.05) is 16.9 Å². The smallest absolute Gasteiger partial charge is 0.251 e. The number of amides is 1. The van der Waals surface area contributed by atoms with Gasteiger partial charge in [0.2, 0.25) is 0 Å².